The second kappa shape index (κ2) is 10.00. The number of hydrogen-bond acceptors (Lipinski definition) is 2. The van der Waals surface area contributed by atoms with E-state index in [4.69, 9.17) is 4.43 Å². The lowest BCUT2D eigenvalue weighted by molar-refractivity contribution is -0.415. The quantitative estimate of drug-likeness (QED) is 0.173. The van der Waals surface area contributed by atoms with Crippen molar-refractivity contribution in [3.63, 3.8) is 0 Å². The van der Waals surface area contributed by atoms with Crippen LogP contribution in [0.15, 0.2) is 11.6 Å². The summed E-state index contributed by atoms with van der Waals surface area (Å²) in [5.41, 5.74) is -9.25. The van der Waals surface area contributed by atoms with Crippen molar-refractivity contribution in [1.29, 1.82) is 0 Å². The van der Waals surface area contributed by atoms with Gasteiger partial charge in [0.2, 0.25) is 0 Å². The van der Waals surface area contributed by atoms with Crippen LogP contribution in [0.5, 0.6) is 0 Å². The van der Waals surface area contributed by atoms with Gasteiger partial charge in [0.25, 0.3) is 8.32 Å². The fourth-order valence-electron chi connectivity index (χ4n) is 3.68. The number of allylic oxidation sites excluding steroid dienone is 1. The number of rotatable bonds is 11. The van der Waals surface area contributed by atoms with Crippen LogP contribution in [0.1, 0.15) is 48.5 Å². The fraction of sp³-hybridized carbons (Fsp3) is 0.895. The maximum atomic E-state index is 15.5. The van der Waals surface area contributed by atoms with Gasteiger partial charge in [-0.15, -0.1) is 0 Å². The van der Waals surface area contributed by atoms with E-state index in [0.29, 0.717) is 0 Å². The largest absolute Gasteiger partial charge is 0.460 e. The van der Waals surface area contributed by atoms with Gasteiger partial charge in [-0.05, 0) is 30.5 Å². The minimum absolute atomic E-state index is 0.140. The second-order valence-corrected chi connectivity index (χ2v) is 13.4. The number of halogens is 11. The molecule has 0 bridgehead atoms. The minimum Gasteiger partial charge on any atom is -0.402 e. The van der Waals surface area contributed by atoms with Crippen LogP contribution in [0.3, 0.4) is 0 Å². The van der Waals surface area contributed by atoms with Crippen LogP contribution in [-0.4, -0.2) is 55.6 Å². The predicted octanol–water partition coefficient (Wildman–Crippen LogP) is 7.37. The molecule has 2 unspecified atom stereocenters. The Labute approximate surface area is 186 Å². The van der Waals surface area contributed by atoms with Gasteiger partial charge in [-0.25, -0.2) is 8.78 Å². The highest BCUT2D eigenvalue weighted by Gasteiger charge is 2.90. The molecule has 0 fully saturated rings. The average molecular weight is 527 g/mol. The van der Waals surface area contributed by atoms with Crippen molar-refractivity contribution in [2.45, 2.75) is 95.1 Å². The first-order chi connectivity index (χ1) is 14.5. The fourth-order valence-corrected chi connectivity index (χ4v) is 8.65. The summed E-state index contributed by atoms with van der Waals surface area (Å²) < 4.78 is 158. The van der Waals surface area contributed by atoms with Crippen molar-refractivity contribution in [2.24, 2.45) is 5.92 Å². The summed E-state index contributed by atoms with van der Waals surface area (Å²) >= 11 is 0. The lowest BCUT2D eigenvalue weighted by Gasteiger charge is -2.50. The maximum absolute atomic E-state index is 15.5. The summed E-state index contributed by atoms with van der Waals surface area (Å²) in [7, 11) is -5.70. The molecule has 0 saturated carbocycles. The number of aliphatic hydroxyl groups excluding tert-OH is 1. The summed E-state index contributed by atoms with van der Waals surface area (Å²) in [6, 6.07) is 0. The van der Waals surface area contributed by atoms with Crippen LogP contribution in [0, 0.1) is 5.92 Å². The first kappa shape index (κ1) is 32.1. The van der Waals surface area contributed by atoms with Gasteiger partial charge in [0.15, 0.2) is 0 Å². The topological polar surface area (TPSA) is 29.5 Å². The molecule has 0 aromatic rings. The first-order valence-electron chi connectivity index (χ1n) is 9.95. The highest BCUT2D eigenvalue weighted by atomic mass is 28.4. The third-order valence-corrected chi connectivity index (χ3v) is 11.1. The van der Waals surface area contributed by atoms with Crippen molar-refractivity contribution in [1.82, 2.24) is 0 Å². The molecule has 0 aromatic heterocycles. The van der Waals surface area contributed by atoms with Gasteiger partial charge in [0, 0.05) is 12.5 Å². The van der Waals surface area contributed by atoms with Crippen LogP contribution in [0.25, 0.3) is 0 Å². The standard InChI is InChI=1S/C19H29F11O2Si/c1-8-12(6)14(13(7)9-31)32-33(10(2)3,11(4)5)19(29,30)17(24,25)15(20,21)16(22,23)18(26,27)28/h8,10-11,13-14,31H,9H2,1-7H3/b12-8+. The lowest BCUT2D eigenvalue weighted by atomic mass is 9.99. The normalized spacial score (nSPS) is 17.7. The Hall–Kier alpha value is -0.893. The molecule has 1 N–H and O–H groups in total. The molecular weight excluding hydrogens is 497 g/mol. The Balaban J connectivity index is 7.19. The Kier molecular flexibility index (Phi) is 9.73. The molecule has 2 nitrogen and oxygen atoms in total. The van der Waals surface area contributed by atoms with Crippen molar-refractivity contribution in [3.8, 4) is 0 Å². The van der Waals surface area contributed by atoms with Crippen LogP contribution >= 0.6 is 0 Å². The van der Waals surface area contributed by atoms with E-state index >= 15 is 8.78 Å². The molecule has 0 spiro atoms. The predicted molar refractivity (Wildman–Crippen MR) is 102 cm³/mol. The molecule has 2 atom stereocenters. The van der Waals surface area contributed by atoms with Crippen molar-refractivity contribution < 1.29 is 57.8 Å². The van der Waals surface area contributed by atoms with Crippen LogP contribution < -0.4 is 0 Å². The zero-order valence-electron chi connectivity index (χ0n) is 19.1. The van der Waals surface area contributed by atoms with Gasteiger partial charge in [0.05, 0.1) is 6.10 Å². The molecule has 0 aliphatic rings. The highest BCUT2D eigenvalue weighted by molar-refractivity contribution is 6.79. The molecule has 198 valence electrons. The SMILES string of the molecule is C/C=C(\C)C(O[Si](C(C)C)(C(C)C)C(F)(F)C(F)(F)C(F)(F)C(F)(F)C(F)(F)F)C(C)CO. The molecule has 0 heterocycles. The van der Waals surface area contributed by atoms with E-state index in [1.54, 1.807) is 0 Å². The van der Waals surface area contributed by atoms with Crippen molar-refractivity contribution >= 4 is 8.32 Å². The zero-order chi connectivity index (χ0) is 27.0. The lowest BCUT2D eigenvalue weighted by Crippen LogP contribution is -2.76. The molecule has 0 amide bonds. The average Bonchev–Trinajstić information content (AvgIpc) is 2.65. The third kappa shape index (κ3) is 4.93. The van der Waals surface area contributed by atoms with Crippen LogP contribution in [-0.2, 0) is 4.43 Å². The molecular formula is C19H29F11O2Si. The third-order valence-electron chi connectivity index (χ3n) is 5.78. The highest BCUT2D eigenvalue weighted by Crippen LogP contribution is 2.62. The Morgan fingerprint density at radius 3 is 1.45 bits per heavy atom. The van der Waals surface area contributed by atoms with Crippen LogP contribution in [0.4, 0.5) is 48.3 Å². The zero-order valence-corrected chi connectivity index (χ0v) is 20.1. The molecule has 0 aliphatic heterocycles. The molecule has 0 radical (unpaired) electrons. The van der Waals surface area contributed by atoms with Gasteiger partial charge < -0.3 is 9.53 Å². The molecule has 33 heavy (non-hydrogen) atoms. The van der Waals surface area contributed by atoms with Crippen molar-refractivity contribution in [3.05, 3.63) is 11.6 Å². The van der Waals surface area contributed by atoms with E-state index in [-0.39, 0.29) is 5.57 Å². The van der Waals surface area contributed by atoms with Gasteiger partial charge in [-0.3, -0.25) is 0 Å². The smallest absolute Gasteiger partial charge is 0.402 e. The first-order valence-corrected chi connectivity index (χ1v) is 12.0. The van der Waals surface area contributed by atoms with E-state index < -0.39 is 67.5 Å². The Bertz CT molecular complexity index is 680. The second-order valence-electron chi connectivity index (χ2n) is 8.63. The van der Waals surface area contributed by atoms with Gasteiger partial charge in [-0.1, -0.05) is 40.7 Å². The maximum Gasteiger partial charge on any atom is 0.460 e. The molecule has 0 saturated heterocycles. The summed E-state index contributed by atoms with van der Waals surface area (Å²) in [4.78, 5) is 0. The van der Waals surface area contributed by atoms with Crippen molar-refractivity contribution in [2.75, 3.05) is 6.61 Å². The van der Waals surface area contributed by atoms with Gasteiger partial charge in [-0.2, -0.15) is 39.5 Å². The van der Waals surface area contributed by atoms with Crippen LogP contribution in [0.2, 0.25) is 11.1 Å². The number of hydrogen-bond donors (Lipinski definition) is 1. The molecule has 0 aliphatic carbocycles. The van der Waals surface area contributed by atoms with E-state index in [9.17, 15) is 44.6 Å². The van der Waals surface area contributed by atoms with E-state index in [1.165, 1.54) is 26.8 Å². The van der Waals surface area contributed by atoms with E-state index in [1.807, 2.05) is 0 Å². The molecule has 0 aromatic carbocycles. The van der Waals surface area contributed by atoms with E-state index in [2.05, 4.69) is 0 Å². The summed E-state index contributed by atoms with van der Waals surface area (Å²) in [6.45, 7) is 6.97. The number of aliphatic hydroxyl groups is 1. The Morgan fingerprint density at radius 2 is 1.18 bits per heavy atom. The summed E-state index contributed by atoms with van der Waals surface area (Å²) in [5, 5.41) is 9.44. The van der Waals surface area contributed by atoms with Gasteiger partial charge in [0.1, 0.15) is 0 Å². The number of alkyl halides is 11. The molecule has 14 heteroatoms. The summed E-state index contributed by atoms with van der Waals surface area (Å²) in [5.74, 6) is -23.1. The minimum atomic E-state index is -7.50. The summed E-state index contributed by atoms with van der Waals surface area (Å²) in [6.07, 6.45) is -7.43. The van der Waals surface area contributed by atoms with E-state index in [0.717, 1.165) is 27.7 Å². The monoisotopic (exact) mass is 526 g/mol. The Morgan fingerprint density at radius 1 is 0.788 bits per heavy atom. The van der Waals surface area contributed by atoms with Gasteiger partial charge >= 0.3 is 29.5 Å². The molecule has 0 rings (SSSR count).